The van der Waals surface area contributed by atoms with Crippen molar-refractivity contribution >= 4 is 23.4 Å². The molecule has 1 nitrogen and oxygen atoms in total. The Bertz CT molecular complexity index is 531. The number of benzene rings is 2. The van der Waals surface area contributed by atoms with Crippen LogP contribution in [0.1, 0.15) is 5.56 Å². The number of hydrogen-bond acceptors (Lipinski definition) is 2. The van der Waals surface area contributed by atoms with E-state index in [0.29, 0.717) is 5.02 Å². The SMILES string of the molecule is OCc1ccc(Cl)cc1Sc1cccc(F)c1. The van der Waals surface area contributed by atoms with Gasteiger partial charge in [0, 0.05) is 14.8 Å². The van der Waals surface area contributed by atoms with Crippen molar-refractivity contribution in [1.82, 2.24) is 0 Å². The van der Waals surface area contributed by atoms with Crippen molar-refractivity contribution in [2.24, 2.45) is 0 Å². The minimum Gasteiger partial charge on any atom is -0.392 e. The van der Waals surface area contributed by atoms with Crippen LogP contribution in [0.2, 0.25) is 5.02 Å². The van der Waals surface area contributed by atoms with Gasteiger partial charge >= 0.3 is 0 Å². The molecule has 0 radical (unpaired) electrons. The van der Waals surface area contributed by atoms with E-state index in [-0.39, 0.29) is 12.4 Å². The lowest BCUT2D eigenvalue weighted by Crippen LogP contribution is -1.87. The van der Waals surface area contributed by atoms with Gasteiger partial charge in [0.1, 0.15) is 5.82 Å². The van der Waals surface area contributed by atoms with Gasteiger partial charge in [0.25, 0.3) is 0 Å². The summed E-state index contributed by atoms with van der Waals surface area (Å²) in [5.41, 5.74) is 0.781. The molecule has 0 aliphatic carbocycles. The minimum absolute atomic E-state index is 0.0607. The van der Waals surface area contributed by atoms with Crippen molar-refractivity contribution < 1.29 is 9.50 Å². The Kier molecular flexibility index (Phi) is 4.05. The lowest BCUT2D eigenvalue weighted by Gasteiger charge is -2.07. The maximum absolute atomic E-state index is 13.0. The molecule has 17 heavy (non-hydrogen) atoms. The molecule has 0 heterocycles. The number of halogens is 2. The van der Waals surface area contributed by atoms with Gasteiger partial charge in [0.05, 0.1) is 6.61 Å². The zero-order valence-corrected chi connectivity index (χ0v) is 10.4. The van der Waals surface area contributed by atoms with Crippen molar-refractivity contribution in [3.63, 3.8) is 0 Å². The third kappa shape index (κ3) is 3.22. The maximum atomic E-state index is 13.0. The van der Waals surface area contributed by atoms with Crippen LogP contribution in [0.3, 0.4) is 0 Å². The highest BCUT2D eigenvalue weighted by atomic mass is 35.5. The van der Waals surface area contributed by atoms with Gasteiger partial charge in [-0.2, -0.15) is 0 Å². The van der Waals surface area contributed by atoms with Crippen LogP contribution in [0.15, 0.2) is 52.3 Å². The van der Waals surface area contributed by atoms with Gasteiger partial charge in [-0.1, -0.05) is 35.5 Å². The lowest BCUT2D eigenvalue weighted by atomic mass is 10.2. The lowest BCUT2D eigenvalue weighted by molar-refractivity contribution is 0.279. The van der Waals surface area contributed by atoms with E-state index in [2.05, 4.69) is 0 Å². The Balaban J connectivity index is 2.32. The van der Waals surface area contributed by atoms with E-state index in [9.17, 15) is 9.50 Å². The largest absolute Gasteiger partial charge is 0.392 e. The van der Waals surface area contributed by atoms with Gasteiger partial charge in [-0.05, 0) is 35.9 Å². The van der Waals surface area contributed by atoms with Crippen LogP contribution in [-0.4, -0.2) is 5.11 Å². The van der Waals surface area contributed by atoms with Crippen molar-refractivity contribution in [1.29, 1.82) is 0 Å². The average molecular weight is 269 g/mol. The second-order valence-corrected chi connectivity index (χ2v) is 5.02. The van der Waals surface area contributed by atoms with Crippen molar-refractivity contribution in [2.45, 2.75) is 16.4 Å². The fourth-order valence-corrected chi connectivity index (χ4v) is 2.67. The molecule has 0 aliphatic rings. The molecule has 0 fully saturated rings. The highest BCUT2D eigenvalue weighted by Gasteiger charge is 2.05. The molecule has 2 rings (SSSR count). The molecule has 0 spiro atoms. The fourth-order valence-electron chi connectivity index (χ4n) is 1.41. The number of aliphatic hydroxyl groups excluding tert-OH is 1. The third-order valence-corrected chi connectivity index (χ3v) is 3.55. The highest BCUT2D eigenvalue weighted by molar-refractivity contribution is 7.99. The highest BCUT2D eigenvalue weighted by Crippen LogP contribution is 2.32. The van der Waals surface area contributed by atoms with Crippen molar-refractivity contribution in [2.75, 3.05) is 0 Å². The van der Waals surface area contributed by atoms with Gasteiger partial charge in [0.15, 0.2) is 0 Å². The zero-order valence-electron chi connectivity index (χ0n) is 8.86. The molecule has 0 saturated carbocycles. The van der Waals surface area contributed by atoms with E-state index in [1.807, 2.05) is 6.07 Å². The summed E-state index contributed by atoms with van der Waals surface area (Å²) in [6.45, 7) is -0.0607. The van der Waals surface area contributed by atoms with Gasteiger partial charge in [-0.15, -0.1) is 0 Å². The van der Waals surface area contributed by atoms with Crippen LogP contribution < -0.4 is 0 Å². The molecule has 0 aromatic heterocycles. The molecule has 0 bridgehead atoms. The van der Waals surface area contributed by atoms with Crippen LogP contribution in [0.5, 0.6) is 0 Å². The fraction of sp³-hybridized carbons (Fsp3) is 0.0769. The summed E-state index contributed by atoms with van der Waals surface area (Å²) >= 11 is 7.28. The van der Waals surface area contributed by atoms with E-state index in [0.717, 1.165) is 15.4 Å². The molecule has 0 saturated heterocycles. The smallest absolute Gasteiger partial charge is 0.124 e. The van der Waals surface area contributed by atoms with Gasteiger partial charge in [0.2, 0.25) is 0 Å². The summed E-state index contributed by atoms with van der Waals surface area (Å²) < 4.78 is 13.0. The predicted molar refractivity (Wildman–Crippen MR) is 67.9 cm³/mol. The molecule has 1 N–H and O–H groups in total. The molecule has 4 heteroatoms. The molecule has 0 unspecified atom stereocenters. The first-order valence-corrected chi connectivity index (χ1v) is 6.21. The summed E-state index contributed by atoms with van der Waals surface area (Å²) in [7, 11) is 0. The monoisotopic (exact) mass is 268 g/mol. The summed E-state index contributed by atoms with van der Waals surface area (Å²) in [4.78, 5) is 1.62. The summed E-state index contributed by atoms with van der Waals surface area (Å²) in [6, 6.07) is 11.6. The minimum atomic E-state index is -0.275. The summed E-state index contributed by atoms with van der Waals surface area (Å²) in [5, 5.41) is 9.81. The molecule has 2 aromatic carbocycles. The first kappa shape index (κ1) is 12.4. The predicted octanol–water partition coefficient (Wildman–Crippen LogP) is 4.12. The molecule has 2 aromatic rings. The van der Waals surface area contributed by atoms with Gasteiger partial charge < -0.3 is 5.11 Å². The average Bonchev–Trinajstić information content (AvgIpc) is 2.29. The number of aliphatic hydroxyl groups is 1. The first-order valence-electron chi connectivity index (χ1n) is 5.02. The van der Waals surface area contributed by atoms with E-state index in [1.54, 1.807) is 24.3 Å². The van der Waals surface area contributed by atoms with Crippen LogP contribution in [0.25, 0.3) is 0 Å². The second kappa shape index (κ2) is 5.54. The van der Waals surface area contributed by atoms with E-state index in [1.165, 1.54) is 23.9 Å². The molecule has 0 aliphatic heterocycles. The maximum Gasteiger partial charge on any atom is 0.124 e. The molecular formula is C13H10ClFOS. The normalized spacial score (nSPS) is 10.5. The topological polar surface area (TPSA) is 20.2 Å². The van der Waals surface area contributed by atoms with Crippen LogP contribution in [-0.2, 0) is 6.61 Å². The molecule has 88 valence electrons. The van der Waals surface area contributed by atoms with Crippen LogP contribution >= 0.6 is 23.4 Å². The van der Waals surface area contributed by atoms with E-state index in [4.69, 9.17) is 11.6 Å². The Hall–Kier alpha value is -1.03. The molecule has 0 amide bonds. The van der Waals surface area contributed by atoms with Crippen molar-refractivity contribution in [3.8, 4) is 0 Å². The molecule has 0 atom stereocenters. The van der Waals surface area contributed by atoms with Gasteiger partial charge in [-0.3, -0.25) is 0 Å². The molecular weight excluding hydrogens is 259 g/mol. The number of rotatable bonds is 3. The Morgan fingerprint density at radius 2 is 2.00 bits per heavy atom. The first-order chi connectivity index (χ1) is 8.19. The Morgan fingerprint density at radius 3 is 2.71 bits per heavy atom. The standard InChI is InChI=1S/C13H10ClFOS/c14-10-5-4-9(8-16)13(6-10)17-12-3-1-2-11(15)7-12/h1-7,16H,8H2. The van der Waals surface area contributed by atoms with Crippen LogP contribution in [0, 0.1) is 5.82 Å². The Morgan fingerprint density at radius 1 is 1.18 bits per heavy atom. The van der Waals surface area contributed by atoms with E-state index >= 15 is 0 Å². The summed E-state index contributed by atoms with van der Waals surface area (Å²) in [6.07, 6.45) is 0. The quantitative estimate of drug-likeness (QED) is 0.903. The van der Waals surface area contributed by atoms with Crippen LogP contribution in [0.4, 0.5) is 4.39 Å². The number of hydrogen-bond donors (Lipinski definition) is 1. The third-order valence-electron chi connectivity index (χ3n) is 2.22. The Labute approximate surface area is 108 Å². The summed E-state index contributed by atoms with van der Waals surface area (Å²) in [5.74, 6) is -0.275. The second-order valence-electron chi connectivity index (χ2n) is 3.47. The zero-order chi connectivity index (χ0) is 12.3. The van der Waals surface area contributed by atoms with E-state index < -0.39 is 0 Å². The van der Waals surface area contributed by atoms with Gasteiger partial charge in [-0.25, -0.2) is 4.39 Å². The van der Waals surface area contributed by atoms with Crippen molar-refractivity contribution in [3.05, 3.63) is 58.9 Å².